The zero-order valence-corrected chi connectivity index (χ0v) is 20.2. The zero-order valence-electron chi connectivity index (χ0n) is 17.1. The molecule has 0 saturated carbocycles. The molecule has 0 bridgehead atoms. The number of nitrogens with zero attached hydrogens (tertiary/aromatic N) is 1. The van der Waals surface area contributed by atoms with Gasteiger partial charge in [0.05, 0.1) is 27.0 Å². The molecule has 0 unspecified atom stereocenters. The van der Waals surface area contributed by atoms with Crippen molar-refractivity contribution < 1.29 is 19.1 Å². The van der Waals surface area contributed by atoms with Gasteiger partial charge in [-0.25, -0.2) is 10.2 Å². The average molecular weight is 549 g/mol. The van der Waals surface area contributed by atoms with Crippen LogP contribution in [0.2, 0.25) is 10.0 Å². The Bertz CT molecular complexity index is 1250. The van der Waals surface area contributed by atoms with Crippen LogP contribution in [0.15, 0.2) is 76.3 Å². The second-order valence-corrected chi connectivity index (χ2v) is 8.23. The van der Waals surface area contributed by atoms with Crippen molar-refractivity contribution in [2.75, 3.05) is 5.32 Å². The first-order valence-corrected chi connectivity index (χ1v) is 11.0. The fraction of sp³-hybridized carbons (Fsp3) is 0.0435. The normalized spacial score (nSPS) is 11.0. The third-order valence-corrected chi connectivity index (χ3v) is 5.82. The van der Waals surface area contributed by atoms with Crippen LogP contribution >= 0.6 is 39.1 Å². The number of esters is 1. The van der Waals surface area contributed by atoms with Gasteiger partial charge >= 0.3 is 17.8 Å². The number of anilines is 1. The maximum absolute atomic E-state index is 12.3. The fourth-order valence-corrected chi connectivity index (χ4v) is 3.38. The van der Waals surface area contributed by atoms with Gasteiger partial charge in [0.2, 0.25) is 0 Å². The molecule has 0 aromatic heterocycles. The van der Waals surface area contributed by atoms with Gasteiger partial charge in [-0.15, -0.1) is 0 Å². The van der Waals surface area contributed by atoms with Gasteiger partial charge in [-0.2, -0.15) is 5.10 Å². The number of benzene rings is 3. The van der Waals surface area contributed by atoms with Gasteiger partial charge in [0, 0.05) is 4.47 Å². The van der Waals surface area contributed by atoms with Crippen LogP contribution in [0, 0.1) is 0 Å². The predicted octanol–water partition coefficient (Wildman–Crippen LogP) is 5.45. The Morgan fingerprint density at radius 3 is 2.30 bits per heavy atom. The van der Waals surface area contributed by atoms with E-state index in [1.807, 2.05) is 0 Å². The van der Waals surface area contributed by atoms with Gasteiger partial charge in [-0.05, 0) is 76.9 Å². The van der Waals surface area contributed by atoms with Crippen molar-refractivity contribution in [3.05, 3.63) is 92.4 Å². The fourth-order valence-electron chi connectivity index (χ4n) is 2.58. The lowest BCUT2D eigenvalue weighted by molar-refractivity contribution is -0.136. The molecule has 33 heavy (non-hydrogen) atoms. The number of amides is 2. The van der Waals surface area contributed by atoms with Gasteiger partial charge < -0.3 is 10.1 Å². The number of hydrogen-bond donors (Lipinski definition) is 2. The Hall–Kier alpha value is -3.20. The molecule has 168 valence electrons. The van der Waals surface area contributed by atoms with Crippen LogP contribution in [0.4, 0.5) is 5.69 Å². The van der Waals surface area contributed by atoms with E-state index in [1.165, 1.54) is 6.07 Å². The number of nitrogens with one attached hydrogen (secondary N) is 2. The van der Waals surface area contributed by atoms with E-state index >= 15 is 0 Å². The number of hydrogen-bond acceptors (Lipinski definition) is 5. The highest BCUT2D eigenvalue weighted by Gasteiger charge is 2.16. The summed E-state index contributed by atoms with van der Waals surface area (Å²) >= 11 is 15.2. The van der Waals surface area contributed by atoms with Crippen LogP contribution in [-0.4, -0.2) is 23.5 Å². The van der Waals surface area contributed by atoms with Crippen molar-refractivity contribution in [2.45, 2.75) is 6.92 Å². The van der Waals surface area contributed by atoms with Gasteiger partial charge in [0.15, 0.2) is 0 Å². The highest BCUT2D eigenvalue weighted by Crippen LogP contribution is 2.29. The minimum absolute atomic E-state index is 0.125. The summed E-state index contributed by atoms with van der Waals surface area (Å²) in [5.41, 5.74) is 3.87. The topological polar surface area (TPSA) is 96.9 Å². The first-order chi connectivity index (χ1) is 15.8. The molecule has 7 nitrogen and oxygen atoms in total. The van der Waals surface area contributed by atoms with Crippen molar-refractivity contribution >= 4 is 68.3 Å². The van der Waals surface area contributed by atoms with Crippen LogP contribution in [0.5, 0.6) is 5.75 Å². The molecule has 3 rings (SSSR count). The molecule has 0 aliphatic heterocycles. The Balaban J connectivity index is 1.59. The summed E-state index contributed by atoms with van der Waals surface area (Å²) in [6.07, 6.45) is 0. The van der Waals surface area contributed by atoms with Crippen LogP contribution in [0.1, 0.15) is 22.8 Å². The average Bonchev–Trinajstić information content (AvgIpc) is 2.80. The van der Waals surface area contributed by atoms with E-state index in [2.05, 4.69) is 31.8 Å². The van der Waals surface area contributed by atoms with Crippen molar-refractivity contribution in [1.29, 1.82) is 0 Å². The van der Waals surface area contributed by atoms with Gasteiger partial charge in [-0.3, -0.25) is 9.59 Å². The maximum Gasteiger partial charge on any atom is 0.344 e. The molecule has 3 aromatic rings. The quantitative estimate of drug-likeness (QED) is 0.145. The highest BCUT2D eigenvalue weighted by molar-refractivity contribution is 9.10. The standard InChI is InChI=1S/C23H16BrCl2N3O4/c1-13(28-29-22(31)21(30)27-19-8-4-7-18(25)20(19)26)14-9-11-15(12-10-14)33-23(32)16-5-2-3-6-17(16)24/h2-12H,1H3,(H,27,30)(H,29,31)/b28-13+. The molecule has 2 amide bonds. The van der Waals surface area contributed by atoms with E-state index < -0.39 is 17.8 Å². The van der Waals surface area contributed by atoms with Crippen LogP contribution < -0.4 is 15.5 Å². The molecule has 2 N–H and O–H groups in total. The SMILES string of the molecule is C/C(=N\NC(=O)C(=O)Nc1cccc(Cl)c1Cl)c1ccc(OC(=O)c2ccccc2Br)cc1. The van der Waals surface area contributed by atoms with Crippen LogP contribution in [0.25, 0.3) is 0 Å². The Morgan fingerprint density at radius 2 is 1.61 bits per heavy atom. The summed E-state index contributed by atoms with van der Waals surface area (Å²) in [6.45, 7) is 1.65. The third kappa shape index (κ3) is 6.41. The number of carbonyl (C=O) groups excluding carboxylic acids is 3. The van der Waals surface area contributed by atoms with Crippen molar-refractivity contribution in [1.82, 2.24) is 5.43 Å². The molecular weight excluding hydrogens is 533 g/mol. The molecule has 0 aliphatic carbocycles. The maximum atomic E-state index is 12.3. The lowest BCUT2D eigenvalue weighted by Gasteiger charge is -2.08. The number of ether oxygens (including phenoxy) is 1. The number of rotatable bonds is 5. The second kappa shape index (κ2) is 11.1. The van der Waals surface area contributed by atoms with E-state index in [-0.39, 0.29) is 15.7 Å². The number of halogens is 3. The molecule has 10 heteroatoms. The van der Waals surface area contributed by atoms with Crippen LogP contribution in [-0.2, 0) is 9.59 Å². The van der Waals surface area contributed by atoms with E-state index in [0.717, 1.165) is 0 Å². The first kappa shape index (κ1) is 24.4. The van der Waals surface area contributed by atoms with E-state index in [1.54, 1.807) is 67.6 Å². The molecule has 3 aromatic carbocycles. The van der Waals surface area contributed by atoms with Gasteiger partial charge in [0.1, 0.15) is 5.75 Å². The summed E-state index contributed by atoms with van der Waals surface area (Å²) in [6, 6.07) is 18.1. The summed E-state index contributed by atoms with van der Waals surface area (Å²) in [7, 11) is 0. The Kier molecular flexibility index (Phi) is 8.21. The molecule has 0 aliphatic rings. The smallest absolute Gasteiger partial charge is 0.344 e. The monoisotopic (exact) mass is 547 g/mol. The van der Waals surface area contributed by atoms with Gasteiger partial charge in [0.25, 0.3) is 0 Å². The largest absolute Gasteiger partial charge is 0.423 e. The van der Waals surface area contributed by atoms with E-state index in [4.69, 9.17) is 27.9 Å². The molecule has 0 spiro atoms. The van der Waals surface area contributed by atoms with E-state index in [9.17, 15) is 14.4 Å². The predicted molar refractivity (Wildman–Crippen MR) is 131 cm³/mol. The summed E-state index contributed by atoms with van der Waals surface area (Å²) < 4.78 is 6.00. The third-order valence-electron chi connectivity index (χ3n) is 4.31. The first-order valence-electron chi connectivity index (χ1n) is 9.43. The minimum atomic E-state index is -0.982. The van der Waals surface area contributed by atoms with Gasteiger partial charge in [-0.1, -0.05) is 41.4 Å². The molecule has 0 radical (unpaired) electrons. The summed E-state index contributed by atoms with van der Waals surface area (Å²) in [4.78, 5) is 36.4. The highest BCUT2D eigenvalue weighted by atomic mass is 79.9. The second-order valence-electron chi connectivity index (χ2n) is 6.59. The van der Waals surface area contributed by atoms with Crippen molar-refractivity contribution in [2.24, 2.45) is 5.10 Å². The number of hydrazone groups is 1. The lowest BCUT2D eigenvalue weighted by Crippen LogP contribution is -2.33. The zero-order chi connectivity index (χ0) is 24.0. The summed E-state index contributed by atoms with van der Waals surface area (Å²) in [5.74, 6) is -2.10. The minimum Gasteiger partial charge on any atom is -0.423 e. The molecule has 0 saturated heterocycles. The lowest BCUT2D eigenvalue weighted by atomic mass is 10.1. The Morgan fingerprint density at radius 1 is 0.909 bits per heavy atom. The molecular formula is C23H16BrCl2N3O4. The molecule has 0 heterocycles. The van der Waals surface area contributed by atoms with E-state index in [0.29, 0.717) is 27.1 Å². The molecule has 0 fully saturated rings. The Labute approximate surface area is 207 Å². The van der Waals surface area contributed by atoms with Crippen molar-refractivity contribution in [3.63, 3.8) is 0 Å². The van der Waals surface area contributed by atoms with Crippen LogP contribution in [0.3, 0.4) is 0 Å². The summed E-state index contributed by atoms with van der Waals surface area (Å²) in [5, 5.41) is 6.67. The van der Waals surface area contributed by atoms with Crippen molar-refractivity contribution in [3.8, 4) is 5.75 Å². The number of carbonyl (C=O) groups is 3. The molecule has 0 atom stereocenters.